The minimum absolute atomic E-state index is 0.144. The molecule has 0 aromatic heterocycles. The molecule has 3 rings (SSSR count). The molecule has 28 heavy (non-hydrogen) atoms. The highest BCUT2D eigenvalue weighted by Crippen LogP contribution is 2.33. The number of thiol groups is 1. The number of hydrogen-bond donors (Lipinski definition) is 2. The normalized spacial score (nSPS) is 11.3. The predicted octanol–water partition coefficient (Wildman–Crippen LogP) is 4.42. The summed E-state index contributed by atoms with van der Waals surface area (Å²) in [6.45, 7) is 1.83. The van der Waals surface area contributed by atoms with Crippen molar-refractivity contribution in [3.63, 3.8) is 0 Å². The third-order valence-corrected chi connectivity index (χ3v) is 5.61. The summed E-state index contributed by atoms with van der Waals surface area (Å²) in [5.74, 6) is -2.53. The van der Waals surface area contributed by atoms with Crippen molar-refractivity contribution in [1.82, 2.24) is 0 Å². The number of nitrogens with zero attached hydrogens (tertiary/aromatic N) is 1. The Kier molecular flexibility index (Phi) is 5.26. The van der Waals surface area contributed by atoms with Crippen LogP contribution < -0.4 is 5.14 Å². The molecular formula is C20H14F2N2O2S2. The van der Waals surface area contributed by atoms with Gasteiger partial charge in [0.05, 0.1) is 11.6 Å². The van der Waals surface area contributed by atoms with Crippen LogP contribution in [0.3, 0.4) is 0 Å². The zero-order valence-corrected chi connectivity index (χ0v) is 16.3. The van der Waals surface area contributed by atoms with Gasteiger partial charge in [0.15, 0.2) is 4.90 Å². The molecule has 0 aliphatic heterocycles. The SMILES string of the molecule is Cc1ccc(-c2ccc(-c3cc(F)c(S(N)(=O)=O)c(F)c3)cc2S)cc1C#N. The largest absolute Gasteiger partial charge is 0.243 e. The van der Waals surface area contributed by atoms with Crippen LogP contribution >= 0.6 is 12.6 Å². The molecule has 3 aromatic rings. The lowest BCUT2D eigenvalue weighted by atomic mass is 9.97. The summed E-state index contributed by atoms with van der Waals surface area (Å²) in [6.07, 6.45) is 0. The smallest absolute Gasteiger partial charge is 0.224 e. The Bertz CT molecular complexity index is 1230. The Hall–Kier alpha value is -2.73. The molecule has 142 valence electrons. The van der Waals surface area contributed by atoms with Crippen LogP contribution in [-0.4, -0.2) is 8.42 Å². The van der Waals surface area contributed by atoms with E-state index in [-0.39, 0.29) is 5.56 Å². The van der Waals surface area contributed by atoms with Crippen LogP contribution in [0.4, 0.5) is 8.78 Å². The van der Waals surface area contributed by atoms with Crippen LogP contribution in [0.1, 0.15) is 11.1 Å². The number of nitriles is 1. The number of benzene rings is 3. The lowest BCUT2D eigenvalue weighted by Gasteiger charge is -2.11. The van der Waals surface area contributed by atoms with Gasteiger partial charge in [0.25, 0.3) is 0 Å². The van der Waals surface area contributed by atoms with Crippen LogP contribution in [0, 0.1) is 29.9 Å². The fraction of sp³-hybridized carbons (Fsp3) is 0.0500. The number of hydrogen-bond acceptors (Lipinski definition) is 4. The van der Waals surface area contributed by atoms with E-state index in [1.54, 1.807) is 24.3 Å². The van der Waals surface area contributed by atoms with Crippen molar-refractivity contribution < 1.29 is 17.2 Å². The molecule has 0 saturated carbocycles. The summed E-state index contributed by atoms with van der Waals surface area (Å²) in [6, 6.07) is 14.3. The molecule has 0 amide bonds. The summed E-state index contributed by atoms with van der Waals surface area (Å²) < 4.78 is 50.9. The minimum Gasteiger partial charge on any atom is -0.224 e. The number of rotatable bonds is 3. The topological polar surface area (TPSA) is 84.0 Å². The predicted molar refractivity (Wildman–Crippen MR) is 105 cm³/mol. The second kappa shape index (κ2) is 7.36. The van der Waals surface area contributed by atoms with E-state index in [9.17, 15) is 22.5 Å². The molecule has 0 spiro atoms. The summed E-state index contributed by atoms with van der Waals surface area (Å²) in [5, 5.41) is 14.0. The van der Waals surface area contributed by atoms with E-state index in [0.717, 1.165) is 28.8 Å². The van der Waals surface area contributed by atoms with Gasteiger partial charge < -0.3 is 0 Å². The first-order valence-corrected chi connectivity index (χ1v) is 9.97. The number of sulfonamides is 1. The van der Waals surface area contributed by atoms with E-state index in [2.05, 4.69) is 18.7 Å². The van der Waals surface area contributed by atoms with Gasteiger partial charge in [-0.05, 0) is 59.0 Å². The molecule has 0 aliphatic rings. The van der Waals surface area contributed by atoms with Crippen molar-refractivity contribution in [2.24, 2.45) is 5.14 Å². The highest BCUT2D eigenvalue weighted by Gasteiger charge is 2.21. The molecular weight excluding hydrogens is 402 g/mol. The van der Waals surface area contributed by atoms with Gasteiger partial charge in [0, 0.05) is 4.90 Å². The van der Waals surface area contributed by atoms with Gasteiger partial charge in [-0.3, -0.25) is 0 Å². The minimum atomic E-state index is -4.52. The van der Waals surface area contributed by atoms with E-state index in [1.807, 2.05) is 19.1 Å². The van der Waals surface area contributed by atoms with Crippen LogP contribution in [0.15, 0.2) is 58.3 Å². The lowest BCUT2D eigenvalue weighted by molar-refractivity contribution is 0.520. The molecule has 8 heteroatoms. The molecule has 0 aliphatic carbocycles. The summed E-state index contributed by atoms with van der Waals surface area (Å²) in [7, 11) is -4.52. The third kappa shape index (κ3) is 3.78. The molecule has 0 saturated heterocycles. The van der Waals surface area contributed by atoms with Gasteiger partial charge in [-0.25, -0.2) is 22.3 Å². The van der Waals surface area contributed by atoms with Gasteiger partial charge in [-0.1, -0.05) is 24.3 Å². The van der Waals surface area contributed by atoms with Gasteiger partial charge in [-0.2, -0.15) is 5.26 Å². The van der Waals surface area contributed by atoms with Crippen LogP contribution in [0.5, 0.6) is 0 Å². The number of nitrogens with two attached hydrogens (primary N) is 1. The highest BCUT2D eigenvalue weighted by molar-refractivity contribution is 7.89. The molecule has 2 N–H and O–H groups in total. The fourth-order valence-electron chi connectivity index (χ4n) is 2.86. The van der Waals surface area contributed by atoms with E-state index >= 15 is 0 Å². The van der Waals surface area contributed by atoms with Crippen molar-refractivity contribution in [2.45, 2.75) is 16.7 Å². The first-order chi connectivity index (χ1) is 13.1. The zero-order chi connectivity index (χ0) is 20.6. The van der Waals surface area contributed by atoms with E-state index < -0.39 is 26.6 Å². The van der Waals surface area contributed by atoms with E-state index in [0.29, 0.717) is 16.0 Å². The standard InChI is InChI=1S/C20H14F2N2O2S2/c1-11-2-3-13(6-15(11)10-23)16-5-4-12(9-19(16)27)14-7-17(21)20(18(22)8-14)28(24,25)26/h2-9,27H,1H3,(H2,24,25,26). The van der Waals surface area contributed by atoms with Crippen molar-refractivity contribution in [3.8, 4) is 28.3 Å². The first-order valence-electron chi connectivity index (χ1n) is 7.98. The van der Waals surface area contributed by atoms with Gasteiger partial charge in [0.1, 0.15) is 11.6 Å². The monoisotopic (exact) mass is 416 g/mol. The summed E-state index contributed by atoms with van der Waals surface area (Å²) >= 11 is 4.45. The van der Waals surface area contributed by atoms with Gasteiger partial charge in [-0.15, -0.1) is 12.6 Å². The number of aryl methyl sites for hydroxylation is 1. The van der Waals surface area contributed by atoms with Crippen molar-refractivity contribution >= 4 is 22.7 Å². The fourth-order valence-corrected chi connectivity index (χ4v) is 3.87. The maximum atomic E-state index is 14.1. The average molecular weight is 416 g/mol. The quantitative estimate of drug-likeness (QED) is 0.620. The molecule has 0 unspecified atom stereocenters. The lowest BCUT2D eigenvalue weighted by Crippen LogP contribution is -2.16. The Morgan fingerprint density at radius 3 is 2.11 bits per heavy atom. The maximum absolute atomic E-state index is 14.1. The second-order valence-corrected chi connectivity index (χ2v) is 8.17. The van der Waals surface area contributed by atoms with Crippen molar-refractivity contribution in [1.29, 1.82) is 5.26 Å². The van der Waals surface area contributed by atoms with E-state index in [4.69, 9.17) is 5.14 Å². The molecule has 0 bridgehead atoms. The van der Waals surface area contributed by atoms with Crippen molar-refractivity contribution in [3.05, 3.63) is 71.3 Å². The Morgan fingerprint density at radius 1 is 0.964 bits per heavy atom. The van der Waals surface area contributed by atoms with Crippen molar-refractivity contribution in [2.75, 3.05) is 0 Å². The molecule has 3 aromatic carbocycles. The molecule has 4 nitrogen and oxygen atoms in total. The average Bonchev–Trinajstić information content (AvgIpc) is 2.60. The zero-order valence-electron chi connectivity index (χ0n) is 14.6. The van der Waals surface area contributed by atoms with E-state index in [1.165, 1.54) is 0 Å². The van der Waals surface area contributed by atoms with Gasteiger partial charge in [0.2, 0.25) is 10.0 Å². The number of primary sulfonamides is 1. The molecule has 0 fully saturated rings. The van der Waals surface area contributed by atoms with Crippen LogP contribution in [-0.2, 0) is 10.0 Å². The van der Waals surface area contributed by atoms with Crippen LogP contribution in [0.25, 0.3) is 22.3 Å². The Morgan fingerprint density at radius 2 is 1.57 bits per heavy atom. The summed E-state index contributed by atoms with van der Waals surface area (Å²) in [4.78, 5) is -0.635. The Labute approximate surface area is 166 Å². The second-order valence-electron chi connectivity index (χ2n) is 6.19. The Balaban J connectivity index is 2.08. The molecule has 0 radical (unpaired) electrons. The van der Waals surface area contributed by atoms with Crippen LogP contribution in [0.2, 0.25) is 0 Å². The number of halogens is 2. The molecule has 0 atom stereocenters. The molecule has 0 heterocycles. The third-order valence-electron chi connectivity index (χ3n) is 4.28. The maximum Gasteiger partial charge on any atom is 0.243 e. The highest BCUT2D eigenvalue weighted by atomic mass is 32.2. The summed E-state index contributed by atoms with van der Waals surface area (Å²) in [5.41, 5.74) is 3.50. The first kappa shape index (κ1) is 20.0. The van der Waals surface area contributed by atoms with Gasteiger partial charge >= 0.3 is 0 Å².